The minimum atomic E-state index is -0.402. The third kappa shape index (κ3) is 3.51. The first-order valence-corrected chi connectivity index (χ1v) is 6.54. The highest BCUT2D eigenvalue weighted by molar-refractivity contribution is 5.67. The van der Waals surface area contributed by atoms with Gasteiger partial charge in [0.05, 0.1) is 11.4 Å². The second-order valence-electron chi connectivity index (χ2n) is 5.54. The maximum Gasteiger partial charge on any atom is 0.149 e. The van der Waals surface area contributed by atoms with E-state index in [-0.39, 0.29) is 0 Å². The number of rotatable bonds is 4. The summed E-state index contributed by atoms with van der Waals surface area (Å²) in [4.78, 5) is 12.8. The number of pyridine rings is 1. The lowest BCUT2D eigenvalue weighted by molar-refractivity contribution is 0.242. The molecule has 0 radical (unpaired) electrons. The number of ether oxygens (including phenoxy) is 1. The van der Waals surface area contributed by atoms with E-state index in [2.05, 4.69) is 15.0 Å². The molecule has 0 fully saturated rings. The lowest BCUT2D eigenvalue weighted by atomic mass is 10.1. The summed E-state index contributed by atoms with van der Waals surface area (Å²) in [6, 6.07) is 3.76. The summed E-state index contributed by atoms with van der Waals surface area (Å²) in [5.41, 5.74) is 8.13. The fourth-order valence-corrected chi connectivity index (χ4v) is 1.80. The molecule has 0 amide bonds. The van der Waals surface area contributed by atoms with Gasteiger partial charge < -0.3 is 10.5 Å². The van der Waals surface area contributed by atoms with Crippen molar-refractivity contribution in [3.63, 3.8) is 0 Å². The Bertz CT molecular complexity index is 605. The fourth-order valence-electron chi connectivity index (χ4n) is 1.80. The van der Waals surface area contributed by atoms with Gasteiger partial charge in [-0.15, -0.1) is 0 Å². The number of nitrogens with two attached hydrogens (primary N) is 1. The van der Waals surface area contributed by atoms with Gasteiger partial charge in [-0.05, 0) is 39.8 Å². The zero-order valence-corrected chi connectivity index (χ0v) is 12.3. The molecule has 20 heavy (non-hydrogen) atoms. The van der Waals surface area contributed by atoms with Crippen molar-refractivity contribution in [1.82, 2.24) is 15.0 Å². The molecule has 0 spiro atoms. The van der Waals surface area contributed by atoms with E-state index < -0.39 is 5.54 Å². The number of nitrogens with zero attached hydrogens (tertiary/aromatic N) is 3. The third-order valence-electron chi connectivity index (χ3n) is 2.72. The quantitative estimate of drug-likeness (QED) is 0.924. The van der Waals surface area contributed by atoms with Crippen LogP contribution in [0.4, 0.5) is 0 Å². The molecule has 0 aliphatic carbocycles. The second-order valence-corrected chi connectivity index (χ2v) is 5.54. The molecule has 2 aromatic heterocycles. The largest absolute Gasteiger partial charge is 0.489 e. The van der Waals surface area contributed by atoms with Crippen LogP contribution < -0.4 is 10.5 Å². The zero-order chi connectivity index (χ0) is 14.8. The molecule has 0 unspecified atom stereocenters. The smallest absolute Gasteiger partial charge is 0.149 e. The van der Waals surface area contributed by atoms with Crippen LogP contribution in [0.15, 0.2) is 24.5 Å². The van der Waals surface area contributed by atoms with Gasteiger partial charge in [-0.1, -0.05) is 0 Å². The molecule has 5 heteroatoms. The van der Waals surface area contributed by atoms with Crippen molar-refractivity contribution in [2.45, 2.75) is 33.2 Å². The molecule has 0 aromatic carbocycles. The number of hydrogen-bond donors (Lipinski definition) is 1. The maximum absolute atomic E-state index is 5.98. The van der Waals surface area contributed by atoms with E-state index in [0.717, 1.165) is 28.5 Å². The fraction of sp³-hybridized carbons (Fsp3) is 0.400. The number of hydrogen-bond acceptors (Lipinski definition) is 5. The van der Waals surface area contributed by atoms with Crippen molar-refractivity contribution in [3.05, 3.63) is 36.0 Å². The van der Waals surface area contributed by atoms with Crippen LogP contribution in [0, 0.1) is 13.8 Å². The summed E-state index contributed by atoms with van der Waals surface area (Å²) in [6.07, 6.45) is 3.49. The van der Waals surface area contributed by atoms with Gasteiger partial charge in [0, 0.05) is 23.5 Å². The first-order chi connectivity index (χ1) is 9.37. The minimum Gasteiger partial charge on any atom is -0.489 e. The molecule has 2 rings (SSSR count). The molecule has 0 saturated heterocycles. The van der Waals surface area contributed by atoms with Gasteiger partial charge in [-0.25, -0.2) is 9.97 Å². The Morgan fingerprint density at radius 3 is 2.50 bits per heavy atom. The van der Waals surface area contributed by atoms with E-state index in [0.29, 0.717) is 6.61 Å². The van der Waals surface area contributed by atoms with Crippen LogP contribution in [0.3, 0.4) is 0 Å². The van der Waals surface area contributed by atoms with Crippen LogP contribution in [0.2, 0.25) is 0 Å². The Morgan fingerprint density at radius 1 is 1.15 bits per heavy atom. The normalized spacial score (nSPS) is 11.4. The minimum absolute atomic E-state index is 0.402. The number of aryl methyl sites for hydroxylation is 2. The highest BCUT2D eigenvalue weighted by Crippen LogP contribution is 2.30. The highest BCUT2D eigenvalue weighted by atomic mass is 16.5. The van der Waals surface area contributed by atoms with E-state index in [1.165, 1.54) is 0 Å². The Morgan fingerprint density at radius 2 is 1.85 bits per heavy atom. The second kappa shape index (κ2) is 5.54. The molecule has 2 heterocycles. The van der Waals surface area contributed by atoms with Crippen molar-refractivity contribution in [1.29, 1.82) is 0 Å². The third-order valence-corrected chi connectivity index (χ3v) is 2.72. The topological polar surface area (TPSA) is 73.9 Å². The van der Waals surface area contributed by atoms with Crippen molar-refractivity contribution >= 4 is 0 Å². The zero-order valence-electron chi connectivity index (χ0n) is 12.3. The molecule has 0 aliphatic heterocycles. The van der Waals surface area contributed by atoms with Crippen LogP contribution >= 0.6 is 0 Å². The Kier molecular flexibility index (Phi) is 3.99. The Balaban J connectivity index is 2.41. The monoisotopic (exact) mass is 272 g/mol. The van der Waals surface area contributed by atoms with Crippen molar-refractivity contribution in [3.8, 4) is 17.0 Å². The molecule has 2 aromatic rings. The van der Waals surface area contributed by atoms with Crippen LogP contribution in [0.1, 0.15) is 25.4 Å². The molecule has 5 nitrogen and oxygen atoms in total. The number of aromatic nitrogens is 3. The SMILES string of the molecule is Cc1nccc(-c2ccnc(C)c2OCC(C)(C)N)n1. The van der Waals surface area contributed by atoms with E-state index in [1.54, 1.807) is 12.4 Å². The van der Waals surface area contributed by atoms with Crippen LogP contribution in [0.25, 0.3) is 11.3 Å². The average molecular weight is 272 g/mol. The summed E-state index contributed by atoms with van der Waals surface area (Å²) >= 11 is 0. The highest BCUT2D eigenvalue weighted by Gasteiger charge is 2.16. The molecule has 0 atom stereocenters. The van der Waals surface area contributed by atoms with Crippen LogP contribution in [-0.4, -0.2) is 27.1 Å². The van der Waals surface area contributed by atoms with Crippen LogP contribution in [0.5, 0.6) is 5.75 Å². The Hall–Kier alpha value is -2.01. The van der Waals surface area contributed by atoms with Crippen molar-refractivity contribution < 1.29 is 4.74 Å². The van der Waals surface area contributed by atoms with Gasteiger partial charge in [0.2, 0.25) is 0 Å². The summed E-state index contributed by atoms with van der Waals surface area (Å²) < 4.78 is 5.88. The lowest BCUT2D eigenvalue weighted by Gasteiger charge is -2.21. The predicted molar refractivity (Wildman–Crippen MR) is 78.5 cm³/mol. The predicted octanol–water partition coefficient (Wildman–Crippen LogP) is 2.27. The van der Waals surface area contributed by atoms with Gasteiger partial charge in [-0.2, -0.15) is 0 Å². The summed E-state index contributed by atoms with van der Waals surface area (Å²) in [6.45, 7) is 8.04. The average Bonchev–Trinajstić information content (AvgIpc) is 2.36. The first kappa shape index (κ1) is 14.4. The maximum atomic E-state index is 5.98. The van der Waals surface area contributed by atoms with Gasteiger partial charge in [0.1, 0.15) is 18.2 Å². The standard InChI is InChI=1S/C15H20N4O/c1-10-14(20-9-15(3,4)16)12(5-7-17-10)13-6-8-18-11(2)19-13/h5-8H,9,16H2,1-4H3. The van der Waals surface area contributed by atoms with Crippen molar-refractivity contribution in [2.24, 2.45) is 5.73 Å². The summed E-state index contributed by atoms with van der Waals surface area (Å²) in [5.74, 6) is 1.45. The van der Waals surface area contributed by atoms with E-state index in [4.69, 9.17) is 10.5 Å². The summed E-state index contributed by atoms with van der Waals surface area (Å²) in [7, 11) is 0. The van der Waals surface area contributed by atoms with Gasteiger partial charge in [0.15, 0.2) is 0 Å². The lowest BCUT2D eigenvalue weighted by Crippen LogP contribution is -2.38. The Labute approximate surface area is 119 Å². The molecular formula is C15H20N4O. The van der Waals surface area contributed by atoms with Gasteiger partial charge >= 0.3 is 0 Å². The molecule has 106 valence electrons. The molecule has 0 bridgehead atoms. The van der Waals surface area contributed by atoms with E-state index in [1.807, 2.05) is 39.8 Å². The molecular weight excluding hydrogens is 252 g/mol. The van der Waals surface area contributed by atoms with E-state index in [9.17, 15) is 0 Å². The first-order valence-electron chi connectivity index (χ1n) is 6.54. The molecule has 0 saturated carbocycles. The van der Waals surface area contributed by atoms with Gasteiger partial charge in [-0.3, -0.25) is 4.98 Å². The van der Waals surface area contributed by atoms with Crippen LogP contribution in [-0.2, 0) is 0 Å². The van der Waals surface area contributed by atoms with E-state index >= 15 is 0 Å². The van der Waals surface area contributed by atoms with Crippen molar-refractivity contribution in [2.75, 3.05) is 6.61 Å². The molecule has 0 aliphatic rings. The summed E-state index contributed by atoms with van der Waals surface area (Å²) in [5, 5.41) is 0. The molecule has 2 N–H and O–H groups in total. The van der Waals surface area contributed by atoms with Gasteiger partial charge in [0.25, 0.3) is 0 Å².